The Morgan fingerprint density at radius 3 is 2.82 bits per heavy atom. The van der Waals surface area contributed by atoms with E-state index in [1.165, 1.54) is 0 Å². The summed E-state index contributed by atoms with van der Waals surface area (Å²) in [4.78, 5) is 3.89. The lowest BCUT2D eigenvalue weighted by Gasteiger charge is -2.11. The highest BCUT2D eigenvalue weighted by molar-refractivity contribution is 7.89. The van der Waals surface area contributed by atoms with Gasteiger partial charge in [-0.2, -0.15) is 0 Å². The minimum Gasteiger partial charge on any atom is -0.313 e. The van der Waals surface area contributed by atoms with Crippen LogP contribution >= 0.6 is 0 Å². The summed E-state index contributed by atoms with van der Waals surface area (Å²) in [6.07, 6.45) is 5.31. The highest BCUT2D eigenvalue weighted by Crippen LogP contribution is 2.07. The highest BCUT2D eigenvalue weighted by Gasteiger charge is 2.21. The van der Waals surface area contributed by atoms with Crippen LogP contribution in [-0.4, -0.2) is 31.7 Å². The third-order valence-corrected chi connectivity index (χ3v) is 4.25. The predicted octanol–water partition coefficient (Wildman–Crippen LogP) is 0.253. The van der Waals surface area contributed by atoms with E-state index in [0.717, 1.165) is 24.9 Å². The van der Waals surface area contributed by atoms with Gasteiger partial charge >= 0.3 is 0 Å². The number of hydrogen-bond acceptors (Lipinski definition) is 4. The van der Waals surface area contributed by atoms with Crippen molar-refractivity contribution in [1.82, 2.24) is 15.0 Å². The Morgan fingerprint density at radius 1 is 1.41 bits per heavy atom. The fourth-order valence-corrected chi connectivity index (χ4v) is 3.24. The van der Waals surface area contributed by atoms with Gasteiger partial charge in [0.05, 0.1) is 5.75 Å². The van der Waals surface area contributed by atoms with E-state index in [9.17, 15) is 8.42 Å². The molecule has 0 spiro atoms. The Kier molecular flexibility index (Phi) is 4.09. The van der Waals surface area contributed by atoms with E-state index in [2.05, 4.69) is 15.0 Å². The highest BCUT2D eigenvalue weighted by atomic mass is 32.2. The van der Waals surface area contributed by atoms with Crippen molar-refractivity contribution in [3.05, 3.63) is 30.1 Å². The number of sulfonamides is 1. The summed E-state index contributed by atoms with van der Waals surface area (Å²) in [5.41, 5.74) is 0.919. The van der Waals surface area contributed by atoms with Crippen molar-refractivity contribution >= 4 is 10.0 Å². The maximum absolute atomic E-state index is 11.8. The molecule has 0 saturated carbocycles. The van der Waals surface area contributed by atoms with E-state index in [1.807, 2.05) is 0 Å². The largest absolute Gasteiger partial charge is 0.313 e. The van der Waals surface area contributed by atoms with Gasteiger partial charge in [-0.1, -0.05) is 0 Å². The Labute approximate surface area is 102 Å². The maximum Gasteiger partial charge on any atom is 0.213 e. The van der Waals surface area contributed by atoms with Crippen LogP contribution < -0.4 is 10.0 Å². The summed E-state index contributed by atoms with van der Waals surface area (Å²) >= 11 is 0. The topological polar surface area (TPSA) is 71.1 Å². The van der Waals surface area contributed by atoms with E-state index in [0.29, 0.717) is 6.54 Å². The molecule has 0 amide bonds. The van der Waals surface area contributed by atoms with Crippen molar-refractivity contribution in [3.8, 4) is 0 Å². The molecular weight excluding hydrogens is 238 g/mol. The van der Waals surface area contributed by atoms with Crippen LogP contribution in [0.4, 0.5) is 0 Å². The van der Waals surface area contributed by atoms with Gasteiger partial charge in [0, 0.05) is 25.0 Å². The number of pyridine rings is 1. The lowest BCUT2D eigenvalue weighted by atomic mass is 10.3. The Hall–Kier alpha value is -0.980. The van der Waals surface area contributed by atoms with Crippen molar-refractivity contribution in [2.75, 3.05) is 12.3 Å². The molecular formula is C11H17N3O2S. The first kappa shape index (κ1) is 12.5. The normalized spacial score (nSPS) is 20.6. The second kappa shape index (κ2) is 5.57. The third kappa shape index (κ3) is 4.07. The molecule has 0 bridgehead atoms. The fourth-order valence-electron chi connectivity index (χ4n) is 1.92. The number of hydrogen-bond donors (Lipinski definition) is 2. The number of rotatable bonds is 5. The van der Waals surface area contributed by atoms with Crippen LogP contribution in [0.15, 0.2) is 24.5 Å². The molecule has 1 aliphatic heterocycles. The molecule has 1 unspecified atom stereocenters. The van der Waals surface area contributed by atoms with Gasteiger partial charge in [0.1, 0.15) is 0 Å². The molecule has 2 N–H and O–H groups in total. The van der Waals surface area contributed by atoms with Crippen LogP contribution in [0.5, 0.6) is 0 Å². The molecule has 1 aromatic rings. The maximum atomic E-state index is 11.8. The Bertz CT molecular complexity index is 441. The van der Waals surface area contributed by atoms with Crippen LogP contribution in [0.3, 0.4) is 0 Å². The molecule has 2 heterocycles. The lowest BCUT2D eigenvalue weighted by molar-refractivity contribution is 0.563. The van der Waals surface area contributed by atoms with Gasteiger partial charge in [-0.3, -0.25) is 4.98 Å². The van der Waals surface area contributed by atoms with Gasteiger partial charge in [-0.15, -0.1) is 0 Å². The Balaban J connectivity index is 1.85. The first-order valence-corrected chi connectivity index (χ1v) is 7.40. The molecule has 94 valence electrons. The summed E-state index contributed by atoms with van der Waals surface area (Å²) in [5.74, 6) is 0.165. The van der Waals surface area contributed by atoms with E-state index in [1.54, 1.807) is 24.5 Å². The van der Waals surface area contributed by atoms with Gasteiger partial charge in [0.15, 0.2) is 0 Å². The summed E-state index contributed by atoms with van der Waals surface area (Å²) in [7, 11) is -3.20. The zero-order valence-electron chi connectivity index (χ0n) is 9.59. The predicted molar refractivity (Wildman–Crippen MR) is 65.9 cm³/mol. The minimum atomic E-state index is -3.20. The first-order valence-electron chi connectivity index (χ1n) is 5.75. The Morgan fingerprint density at radius 2 is 2.18 bits per heavy atom. The smallest absolute Gasteiger partial charge is 0.213 e. The van der Waals surface area contributed by atoms with Crippen LogP contribution in [-0.2, 0) is 16.6 Å². The summed E-state index contributed by atoms with van der Waals surface area (Å²) in [5, 5.41) is 3.18. The summed E-state index contributed by atoms with van der Waals surface area (Å²) in [6.45, 7) is 1.25. The number of nitrogens with one attached hydrogen (secondary N) is 2. The zero-order chi connectivity index (χ0) is 12.1. The van der Waals surface area contributed by atoms with Gasteiger partial charge in [-0.05, 0) is 37.1 Å². The van der Waals surface area contributed by atoms with Crippen molar-refractivity contribution in [3.63, 3.8) is 0 Å². The van der Waals surface area contributed by atoms with Gasteiger partial charge in [-0.25, -0.2) is 13.1 Å². The average molecular weight is 255 g/mol. The number of nitrogens with zero attached hydrogens (tertiary/aromatic N) is 1. The summed E-state index contributed by atoms with van der Waals surface area (Å²) in [6, 6.07) is 3.71. The lowest BCUT2D eigenvalue weighted by Crippen LogP contribution is -2.36. The van der Waals surface area contributed by atoms with E-state index < -0.39 is 10.0 Å². The van der Waals surface area contributed by atoms with Crippen molar-refractivity contribution in [1.29, 1.82) is 0 Å². The van der Waals surface area contributed by atoms with Gasteiger partial charge in [0.25, 0.3) is 0 Å². The van der Waals surface area contributed by atoms with Crippen molar-refractivity contribution in [2.45, 2.75) is 25.4 Å². The average Bonchev–Trinajstić information content (AvgIpc) is 2.80. The summed E-state index contributed by atoms with van der Waals surface area (Å²) < 4.78 is 26.2. The third-order valence-electron chi connectivity index (χ3n) is 2.83. The molecule has 2 rings (SSSR count). The van der Waals surface area contributed by atoms with Crippen LogP contribution in [0, 0.1) is 0 Å². The monoisotopic (exact) mass is 255 g/mol. The van der Waals surface area contributed by atoms with Gasteiger partial charge in [0.2, 0.25) is 10.0 Å². The molecule has 17 heavy (non-hydrogen) atoms. The molecule has 0 aromatic carbocycles. The van der Waals surface area contributed by atoms with Crippen molar-refractivity contribution in [2.24, 2.45) is 0 Å². The minimum absolute atomic E-state index is 0.102. The van der Waals surface area contributed by atoms with Crippen LogP contribution in [0.25, 0.3) is 0 Å². The molecule has 6 heteroatoms. The fraction of sp³-hybridized carbons (Fsp3) is 0.545. The molecule has 1 aliphatic rings. The molecule has 1 fully saturated rings. The van der Waals surface area contributed by atoms with E-state index in [-0.39, 0.29) is 11.8 Å². The molecule has 1 atom stereocenters. The standard InChI is InChI=1S/C11H17N3O2S/c15-17(16,9-11-2-1-5-13-11)14-8-10-3-6-12-7-4-10/h3-4,6-7,11,13-14H,1-2,5,8-9H2. The molecule has 5 nitrogen and oxygen atoms in total. The number of aromatic nitrogens is 1. The first-order chi connectivity index (χ1) is 8.16. The van der Waals surface area contributed by atoms with Crippen LogP contribution in [0.1, 0.15) is 18.4 Å². The van der Waals surface area contributed by atoms with E-state index >= 15 is 0 Å². The van der Waals surface area contributed by atoms with Gasteiger partial charge < -0.3 is 5.32 Å². The second-order valence-electron chi connectivity index (χ2n) is 4.25. The van der Waals surface area contributed by atoms with Crippen molar-refractivity contribution < 1.29 is 8.42 Å². The SMILES string of the molecule is O=S(=O)(CC1CCCN1)NCc1ccncc1. The quantitative estimate of drug-likeness (QED) is 0.791. The molecule has 0 radical (unpaired) electrons. The second-order valence-corrected chi connectivity index (χ2v) is 6.10. The molecule has 1 aromatic heterocycles. The zero-order valence-corrected chi connectivity index (χ0v) is 10.4. The molecule has 0 aliphatic carbocycles. The van der Waals surface area contributed by atoms with E-state index in [4.69, 9.17) is 0 Å². The molecule has 1 saturated heterocycles. The van der Waals surface area contributed by atoms with Crippen LogP contribution in [0.2, 0.25) is 0 Å².